The van der Waals surface area contributed by atoms with Crippen LogP contribution in [0, 0.1) is 29.1 Å². The van der Waals surface area contributed by atoms with Crippen LogP contribution in [-0.2, 0) is 0 Å². The lowest BCUT2D eigenvalue weighted by Crippen LogP contribution is -2.52. The molecule has 4 heteroatoms. The summed E-state index contributed by atoms with van der Waals surface area (Å²) in [6.07, 6.45) is 6.98. The summed E-state index contributed by atoms with van der Waals surface area (Å²) in [6, 6.07) is 10.8. The predicted octanol–water partition coefficient (Wildman–Crippen LogP) is 3.41. The first-order chi connectivity index (χ1) is 12.7. The van der Waals surface area contributed by atoms with Gasteiger partial charge in [-0.1, -0.05) is 0 Å². The van der Waals surface area contributed by atoms with Crippen molar-refractivity contribution in [3.05, 3.63) is 29.8 Å². The lowest BCUT2D eigenvalue weighted by molar-refractivity contribution is 0.0595. The molecular weight excluding hydrogens is 320 g/mol. The maximum atomic E-state index is 8.85. The first-order valence-electron chi connectivity index (χ1n) is 10.4. The summed E-state index contributed by atoms with van der Waals surface area (Å²) >= 11 is 0. The number of hydrogen-bond donors (Lipinski definition) is 1. The first-order valence-corrected chi connectivity index (χ1v) is 10.4. The van der Waals surface area contributed by atoms with Gasteiger partial charge in [0.1, 0.15) is 0 Å². The molecule has 4 rings (SSSR count). The number of hydrogen-bond acceptors (Lipinski definition) is 4. The van der Waals surface area contributed by atoms with Crippen LogP contribution in [0.15, 0.2) is 24.3 Å². The van der Waals surface area contributed by atoms with Crippen LogP contribution in [0.5, 0.6) is 0 Å². The van der Waals surface area contributed by atoms with Gasteiger partial charge in [-0.25, -0.2) is 0 Å². The number of nitrogens with zero attached hydrogens (tertiary/aromatic N) is 3. The zero-order valence-corrected chi connectivity index (χ0v) is 16.0. The lowest BCUT2D eigenvalue weighted by Gasteiger charge is -2.42. The molecule has 2 unspecified atom stereocenters. The zero-order chi connectivity index (χ0) is 17.9. The Hall–Kier alpha value is -1.57. The summed E-state index contributed by atoms with van der Waals surface area (Å²) in [5.74, 6) is 2.79. The van der Waals surface area contributed by atoms with Gasteiger partial charge in [-0.05, 0) is 87.7 Å². The second-order valence-electron chi connectivity index (χ2n) is 8.70. The van der Waals surface area contributed by atoms with Crippen LogP contribution < -0.4 is 5.32 Å². The van der Waals surface area contributed by atoms with Gasteiger partial charge in [-0.2, -0.15) is 5.26 Å². The van der Waals surface area contributed by atoms with Crippen molar-refractivity contribution >= 4 is 5.69 Å². The molecule has 1 heterocycles. The van der Waals surface area contributed by atoms with Gasteiger partial charge in [0.25, 0.3) is 0 Å². The fourth-order valence-electron chi connectivity index (χ4n) is 5.22. The number of anilines is 1. The molecule has 1 aromatic carbocycles. The van der Waals surface area contributed by atoms with E-state index in [1.165, 1.54) is 58.3 Å². The molecule has 1 aromatic rings. The third kappa shape index (κ3) is 4.22. The van der Waals surface area contributed by atoms with Crippen molar-refractivity contribution in [1.29, 1.82) is 5.26 Å². The van der Waals surface area contributed by atoms with Gasteiger partial charge in [0.2, 0.25) is 0 Å². The van der Waals surface area contributed by atoms with E-state index in [2.05, 4.69) is 28.2 Å². The van der Waals surface area contributed by atoms with Gasteiger partial charge in [0.15, 0.2) is 0 Å². The minimum absolute atomic E-state index is 0.723. The number of rotatable bonds is 8. The molecule has 1 aliphatic heterocycles. The van der Waals surface area contributed by atoms with Gasteiger partial charge in [0, 0.05) is 37.9 Å². The summed E-state index contributed by atoms with van der Waals surface area (Å²) in [7, 11) is 2.38. The predicted molar refractivity (Wildman–Crippen MR) is 106 cm³/mol. The molecule has 4 nitrogen and oxygen atoms in total. The number of nitriles is 1. The quantitative estimate of drug-likeness (QED) is 0.728. The molecular formula is C22H32N4. The van der Waals surface area contributed by atoms with Crippen molar-refractivity contribution in [2.75, 3.05) is 45.1 Å². The fraction of sp³-hybridized carbons (Fsp3) is 0.682. The highest BCUT2D eigenvalue weighted by Gasteiger charge is 2.44. The standard InChI is InChI=1S/C22H32N4/c1-25(14-18-3-4-18)22-19-7-8-20(22)16-26(15-19)12-2-11-24-21-9-5-17(13-23)6-10-21/h5-6,9-10,18-20,22,24H,2-4,7-8,11-12,14-16H2,1H3. The van der Waals surface area contributed by atoms with Crippen molar-refractivity contribution in [3.63, 3.8) is 0 Å². The minimum atomic E-state index is 0.723. The first kappa shape index (κ1) is 17.8. The average Bonchev–Trinajstić information content (AvgIpc) is 3.43. The molecule has 3 fully saturated rings. The van der Waals surface area contributed by atoms with Crippen LogP contribution in [-0.4, -0.2) is 55.6 Å². The number of nitrogens with one attached hydrogen (secondary N) is 1. The molecule has 3 aliphatic rings. The number of fused-ring (bicyclic) bond motifs is 2. The highest BCUT2D eigenvalue weighted by molar-refractivity contribution is 5.47. The summed E-state index contributed by atoms with van der Waals surface area (Å²) in [6.45, 7) is 6.14. The van der Waals surface area contributed by atoms with Crippen molar-refractivity contribution in [3.8, 4) is 6.07 Å². The largest absolute Gasteiger partial charge is 0.385 e. The molecule has 2 bridgehead atoms. The molecule has 0 spiro atoms. The third-order valence-corrected chi connectivity index (χ3v) is 6.61. The molecule has 0 radical (unpaired) electrons. The molecule has 2 atom stereocenters. The number of benzene rings is 1. The SMILES string of the molecule is CN(CC1CC1)C1C2CCC1CN(CCCNc1ccc(C#N)cc1)C2. The van der Waals surface area contributed by atoms with E-state index in [4.69, 9.17) is 5.26 Å². The summed E-state index contributed by atoms with van der Waals surface area (Å²) in [5, 5.41) is 12.3. The molecule has 2 aliphatic carbocycles. The van der Waals surface area contributed by atoms with Crippen molar-refractivity contribution in [1.82, 2.24) is 9.80 Å². The van der Waals surface area contributed by atoms with Gasteiger partial charge < -0.3 is 15.1 Å². The van der Waals surface area contributed by atoms with Crippen molar-refractivity contribution in [2.45, 2.75) is 38.1 Å². The Bertz CT molecular complexity index is 617. The smallest absolute Gasteiger partial charge is 0.0991 e. The van der Waals surface area contributed by atoms with E-state index in [1.807, 2.05) is 24.3 Å². The van der Waals surface area contributed by atoms with Crippen molar-refractivity contribution < 1.29 is 0 Å². The van der Waals surface area contributed by atoms with E-state index >= 15 is 0 Å². The Balaban J connectivity index is 1.19. The summed E-state index contributed by atoms with van der Waals surface area (Å²) in [4.78, 5) is 5.42. The number of piperidine rings is 1. The average molecular weight is 353 g/mol. The normalized spacial score (nSPS) is 28.3. The maximum Gasteiger partial charge on any atom is 0.0991 e. The van der Waals surface area contributed by atoms with E-state index in [9.17, 15) is 0 Å². The van der Waals surface area contributed by atoms with Gasteiger partial charge in [0.05, 0.1) is 11.6 Å². The molecule has 140 valence electrons. The Kier molecular flexibility index (Phi) is 5.47. The van der Waals surface area contributed by atoms with E-state index in [1.54, 1.807) is 0 Å². The van der Waals surface area contributed by atoms with E-state index in [0.717, 1.165) is 41.6 Å². The molecule has 0 amide bonds. The van der Waals surface area contributed by atoms with Gasteiger partial charge >= 0.3 is 0 Å². The van der Waals surface area contributed by atoms with Gasteiger partial charge in [-0.15, -0.1) is 0 Å². The van der Waals surface area contributed by atoms with Gasteiger partial charge in [-0.3, -0.25) is 0 Å². The second kappa shape index (κ2) is 7.98. The van der Waals surface area contributed by atoms with Crippen LogP contribution in [0.25, 0.3) is 0 Å². The molecule has 0 aromatic heterocycles. The van der Waals surface area contributed by atoms with Crippen LogP contribution in [0.4, 0.5) is 5.69 Å². The highest BCUT2D eigenvalue weighted by atomic mass is 15.2. The van der Waals surface area contributed by atoms with E-state index in [0.29, 0.717) is 0 Å². The molecule has 2 saturated carbocycles. The van der Waals surface area contributed by atoms with Crippen LogP contribution in [0.1, 0.15) is 37.7 Å². The zero-order valence-electron chi connectivity index (χ0n) is 16.0. The topological polar surface area (TPSA) is 42.3 Å². The fourth-order valence-corrected chi connectivity index (χ4v) is 5.22. The Morgan fingerprint density at radius 1 is 1.12 bits per heavy atom. The van der Waals surface area contributed by atoms with Crippen LogP contribution >= 0.6 is 0 Å². The third-order valence-electron chi connectivity index (χ3n) is 6.61. The van der Waals surface area contributed by atoms with Crippen molar-refractivity contribution in [2.24, 2.45) is 17.8 Å². The second-order valence-corrected chi connectivity index (χ2v) is 8.70. The minimum Gasteiger partial charge on any atom is -0.385 e. The lowest BCUT2D eigenvalue weighted by atomic mass is 9.90. The summed E-state index contributed by atoms with van der Waals surface area (Å²) in [5.41, 5.74) is 1.84. The maximum absolute atomic E-state index is 8.85. The summed E-state index contributed by atoms with van der Waals surface area (Å²) < 4.78 is 0. The van der Waals surface area contributed by atoms with E-state index < -0.39 is 0 Å². The number of likely N-dealkylation sites (tertiary alicyclic amines) is 1. The van der Waals surface area contributed by atoms with Crippen LogP contribution in [0.2, 0.25) is 0 Å². The molecule has 1 N–H and O–H groups in total. The molecule has 1 saturated heterocycles. The Morgan fingerprint density at radius 3 is 2.42 bits per heavy atom. The monoisotopic (exact) mass is 352 g/mol. The highest BCUT2D eigenvalue weighted by Crippen LogP contribution is 2.41. The van der Waals surface area contributed by atoms with E-state index in [-0.39, 0.29) is 0 Å². The van der Waals surface area contributed by atoms with Crippen LogP contribution in [0.3, 0.4) is 0 Å². The Morgan fingerprint density at radius 2 is 1.81 bits per heavy atom. The Labute approximate surface area is 158 Å². The molecule has 26 heavy (non-hydrogen) atoms.